The Morgan fingerprint density at radius 2 is 2.24 bits per heavy atom. The topological polar surface area (TPSA) is 89.1 Å². The Morgan fingerprint density at radius 1 is 1.47 bits per heavy atom. The smallest absolute Gasteiger partial charge is 0.354 e. The lowest BCUT2D eigenvalue weighted by molar-refractivity contribution is 0.0690. The first kappa shape index (κ1) is 11.9. The van der Waals surface area contributed by atoms with Crippen molar-refractivity contribution in [3.8, 4) is 0 Å². The van der Waals surface area contributed by atoms with Crippen LogP contribution < -0.4 is 5.73 Å². The molecule has 2 aromatic rings. The monoisotopic (exact) mass is 267 g/mol. The van der Waals surface area contributed by atoms with E-state index in [-0.39, 0.29) is 5.69 Å². The summed E-state index contributed by atoms with van der Waals surface area (Å²) in [5, 5.41) is 11.2. The van der Waals surface area contributed by atoms with Crippen LogP contribution in [0, 0.1) is 6.92 Å². The second-order valence-corrected chi connectivity index (χ2v) is 5.35. The van der Waals surface area contributed by atoms with E-state index in [0.717, 1.165) is 10.0 Å². The summed E-state index contributed by atoms with van der Waals surface area (Å²) in [7, 11) is 0. The lowest BCUT2D eigenvalue weighted by Crippen LogP contribution is -2.02. The second kappa shape index (κ2) is 4.72. The summed E-state index contributed by atoms with van der Waals surface area (Å²) in [6, 6.07) is 2.92. The molecule has 0 aliphatic rings. The molecule has 0 saturated carbocycles. The van der Waals surface area contributed by atoms with Crippen LogP contribution in [-0.2, 0) is 0 Å². The third-order valence-electron chi connectivity index (χ3n) is 1.89. The van der Waals surface area contributed by atoms with Crippen LogP contribution in [0.3, 0.4) is 0 Å². The maximum atomic E-state index is 10.8. The van der Waals surface area contributed by atoms with Gasteiger partial charge in [0.25, 0.3) is 0 Å². The molecule has 7 heteroatoms. The number of aryl methyl sites for hydroxylation is 1. The minimum Gasteiger partial charge on any atom is -0.477 e. The lowest BCUT2D eigenvalue weighted by Gasteiger charge is -2.02. The molecule has 0 aliphatic heterocycles. The maximum absolute atomic E-state index is 10.8. The molecule has 5 nitrogen and oxygen atoms in total. The van der Waals surface area contributed by atoms with Gasteiger partial charge in [-0.15, -0.1) is 11.3 Å². The van der Waals surface area contributed by atoms with Gasteiger partial charge in [0.2, 0.25) is 0 Å². The molecular formula is C10H9N3O2S2. The summed E-state index contributed by atoms with van der Waals surface area (Å²) in [6.45, 7) is 1.89. The Morgan fingerprint density at radius 3 is 2.82 bits per heavy atom. The third kappa shape index (κ3) is 2.75. The highest BCUT2D eigenvalue weighted by Gasteiger charge is 2.11. The van der Waals surface area contributed by atoms with E-state index in [4.69, 9.17) is 10.8 Å². The van der Waals surface area contributed by atoms with Gasteiger partial charge in [-0.05, 0) is 30.8 Å². The SMILES string of the molecule is Cc1csc(Sc2nc(C(=O)O)ccc2N)n1. The largest absolute Gasteiger partial charge is 0.477 e. The van der Waals surface area contributed by atoms with Gasteiger partial charge in [0.1, 0.15) is 10.7 Å². The number of nitrogens with two attached hydrogens (primary N) is 1. The van der Waals surface area contributed by atoms with E-state index in [1.165, 1.54) is 29.2 Å². The van der Waals surface area contributed by atoms with Gasteiger partial charge in [0.05, 0.1) is 5.69 Å². The zero-order valence-electron chi connectivity index (χ0n) is 8.88. The quantitative estimate of drug-likeness (QED) is 0.886. The fourth-order valence-corrected chi connectivity index (χ4v) is 2.89. The third-order valence-corrected chi connectivity index (χ3v) is 3.97. The number of hydrogen-bond acceptors (Lipinski definition) is 6. The number of nitrogen functional groups attached to an aromatic ring is 1. The van der Waals surface area contributed by atoms with Gasteiger partial charge in [0.15, 0.2) is 4.34 Å². The van der Waals surface area contributed by atoms with E-state index in [1.807, 2.05) is 12.3 Å². The number of rotatable bonds is 3. The first-order valence-corrected chi connectivity index (χ1v) is 6.35. The molecule has 0 radical (unpaired) electrons. The summed E-state index contributed by atoms with van der Waals surface area (Å²) in [5.41, 5.74) is 7.10. The van der Waals surface area contributed by atoms with E-state index in [0.29, 0.717) is 10.7 Å². The number of aromatic nitrogens is 2. The van der Waals surface area contributed by atoms with Crippen molar-refractivity contribution in [3.05, 3.63) is 28.9 Å². The molecule has 0 spiro atoms. The fourth-order valence-electron chi connectivity index (χ4n) is 1.11. The molecule has 88 valence electrons. The van der Waals surface area contributed by atoms with Crippen LogP contribution in [0.25, 0.3) is 0 Å². The van der Waals surface area contributed by atoms with Crippen LogP contribution in [0.15, 0.2) is 26.9 Å². The number of anilines is 1. The van der Waals surface area contributed by atoms with Crippen LogP contribution in [0.2, 0.25) is 0 Å². The predicted octanol–water partition coefficient (Wildman–Crippen LogP) is 2.28. The summed E-state index contributed by atoms with van der Waals surface area (Å²) in [4.78, 5) is 19.0. The van der Waals surface area contributed by atoms with Crippen molar-refractivity contribution in [1.82, 2.24) is 9.97 Å². The van der Waals surface area contributed by atoms with Gasteiger partial charge in [-0.1, -0.05) is 0 Å². The Kier molecular flexibility index (Phi) is 3.30. The number of carbonyl (C=O) groups is 1. The normalized spacial score (nSPS) is 10.4. The molecule has 3 N–H and O–H groups in total. The summed E-state index contributed by atoms with van der Waals surface area (Å²) < 4.78 is 0.796. The molecule has 17 heavy (non-hydrogen) atoms. The van der Waals surface area contributed by atoms with Gasteiger partial charge < -0.3 is 10.8 Å². The molecule has 0 saturated heterocycles. The Hall–Kier alpha value is -1.60. The number of pyridine rings is 1. The molecule has 0 aromatic carbocycles. The highest BCUT2D eigenvalue weighted by atomic mass is 32.2. The van der Waals surface area contributed by atoms with Crippen molar-refractivity contribution in [3.63, 3.8) is 0 Å². The van der Waals surface area contributed by atoms with Crippen LogP contribution >= 0.6 is 23.1 Å². The minimum atomic E-state index is -1.07. The number of carboxylic acids is 1. The van der Waals surface area contributed by atoms with Crippen molar-refractivity contribution in [2.24, 2.45) is 0 Å². The van der Waals surface area contributed by atoms with Gasteiger partial charge >= 0.3 is 5.97 Å². The molecule has 0 unspecified atom stereocenters. The zero-order chi connectivity index (χ0) is 12.4. The predicted molar refractivity (Wildman–Crippen MR) is 66.6 cm³/mol. The second-order valence-electron chi connectivity index (χ2n) is 3.25. The van der Waals surface area contributed by atoms with E-state index < -0.39 is 5.97 Å². The van der Waals surface area contributed by atoms with Crippen LogP contribution in [0.1, 0.15) is 16.2 Å². The van der Waals surface area contributed by atoms with E-state index in [2.05, 4.69) is 9.97 Å². The fraction of sp³-hybridized carbons (Fsp3) is 0.100. The molecule has 2 heterocycles. The minimum absolute atomic E-state index is 0.0185. The average Bonchev–Trinajstić information content (AvgIpc) is 2.67. The van der Waals surface area contributed by atoms with Gasteiger partial charge in [-0.25, -0.2) is 14.8 Å². The van der Waals surface area contributed by atoms with Crippen molar-refractivity contribution in [2.45, 2.75) is 16.3 Å². The zero-order valence-corrected chi connectivity index (χ0v) is 10.5. The Balaban J connectivity index is 2.31. The number of hydrogen-bond donors (Lipinski definition) is 2. The number of aromatic carboxylic acids is 1. The molecular weight excluding hydrogens is 258 g/mol. The van der Waals surface area contributed by atoms with Crippen molar-refractivity contribution in [2.75, 3.05) is 5.73 Å². The van der Waals surface area contributed by atoms with Gasteiger partial charge in [0, 0.05) is 11.1 Å². The Bertz CT molecular complexity index is 568. The molecule has 0 amide bonds. The molecule has 2 aromatic heterocycles. The van der Waals surface area contributed by atoms with Crippen LogP contribution in [0.5, 0.6) is 0 Å². The molecule has 0 fully saturated rings. The van der Waals surface area contributed by atoms with Crippen molar-refractivity contribution in [1.29, 1.82) is 0 Å². The Labute approximate surface area is 106 Å². The van der Waals surface area contributed by atoms with Crippen LogP contribution in [-0.4, -0.2) is 21.0 Å². The first-order valence-electron chi connectivity index (χ1n) is 4.66. The summed E-state index contributed by atoms with van der Waals surface area (Å²) >= 11 is 2.75. The van der Waals surface area contributed by atoms with Crippen molar-refractivity contribution >= 4 is 34.8 Å². The van der Waals surface area contributed by atoms with Gasteiger partial charge in [-0.2, -0.15) is 0 Å². The number of carboxylic acid groups (broad SMARTS) is 1. The first-order chi connectivity index (χ1) is 8.06. The van der Waals surface area contributed by atoms with Gasteiger partial charge in [-0.3, -0.25) is 0 Å². The molecule has 2 rings (SSSR count). The molecule has 0 bridgehead atoms. The number of nitrogens with zero attached hydrogens (tertiary/aromatic N) is 2. The molecule has 0 atom stereocenters. The van der Waals surface area contributed by atoms with E-state index in [9.17, 15) is 4.79 Å². The summed E-state index contributed by atoms with van der Waals surface area (Å²) in [5.74, 6) is -1.07. The maximum Gasteiger partial charge on any atom is 0.354 e. The van der Waals surface area contributed by atoms with E-state index >= 15 is 0 Å². The van der Waals surface area contributed by atoms with Crippen LogP contribution in [0.4, 0.5) is 5.69 Å². The molecule has 0 aliphatic carbocycles. The lowest BCUT2D eigenvalue weighted by atomic mass is 10.3. The average molecular weight is 267 g/mol. The number of thiazole rings is 1. The van der Waals surface area contributed by atoms with Crippen molar-refractivity contribution < 1.29 is 9.90 Å². The summed E-state index contributed by atoms with van der Waals surface area (Å²) in [6.07, 6.45) is 0. The highest BCUT2D eigenvalue weighted by Crippen LogP contribution is 2.32. The standard InChI is InChI=1S/C10H9N3O2S2/c1-5-4-16-10(12-5)17-8-6(11)2-3-7(13-8)9(14)15/h2-4H,11H2,1H3,(H,14,15). The highest BCUT2D eigenvalue weighted by molar-refractivity contribution is 8.01. The van der Waals surface area contributed by atoms with E-state index in [1.54, 1.807) is 6.07 Å².